The minimum absolute atomic E-state index is 0.231. The molecule has 0 aliphatic carbocycles. The highest BCUT2D eigenvalue weighted by molar-refractivity contribution is 6.33. The number of carbonyl (C=O) groups is 2. The zero-order valence-electron chi connectivity index (χ0n) is 16.6. The summed E-state index contributed by atoms with van der Waals surface area (Å²) >= 11 is 6.11. The van der Waals surface area contributed by atoms with E-state index in [0.29, 0.717) is 5.56 Å². The smallest absolute Gasteiger partial charge is 0.345 e. The third-order valence-corrected chi connectivity index (χ3v) is 5.02. The first-order valence-corrected chi connectivity index (χ1v) is 9.98. The molecule has 7 heteroatoms. The quantitative estimate of drug-likeness (QED) is 0.187. The molecule has 0 aromatic heterocycles. The Balaban J connectivity index is 1.63. The van der Waals surface area contributed by atoms with Crippen molar-refractivity contribution in [3.63, 3.8) is 0 Å². The van der Waals surface area contributed by atoms with Gasteiger partial charge in [-0.2, -0.15) is 5.10 Å². The second-order valence-electron chi connectivity index (χ2n) is 6.77. The van der Waals surface area contributed by atoms with E-state index < -0.39 is 17.7 Å². The van der Waals surface area contributed by atoms with Gasteiger partial charge >= 0.3 is 5.97 Å². The van der Waals surface area contributed by atoms with Crippen molar-refractivity contribution < 1.29 is 18.7 Å². The summed E-state index contributed by atoms with van der Waals surface area (Å²) in [7, 11) is 0. The maximum Gasteiger partial charge on any atom is 0.345 e. The normalized spacial score (nSPS) is 10.9. The molecule has 4 aromatic rings. The number of amides is 1. The van der Waals surface area contributed by atoms with Gasteiger partial charge in [-0.05, 0) is 53.2 Å². The molecule has 0 unspecified atom stereocenters. The predicted molar refractivity (Wildman–Crippen MR) is 122 cm³/mol. The molecule has 0 saturated heterocycles. The van der Waals surface area contributed by atoms with Gasteiger partial charge in [0.1, 0.15) is 11.6 Å². The van der Waals surface area contributed by atoms with Gasteiger partial charge in [-0.3, -0.25) is 4.79 Å². The summed E-state index contributed by atoms with van der Waals surface area (Å²) in [5, 5.41) is 5.97. The number of carbonyl (C=O) groups excluding carboxylic acids is 2. The molecule has 4 aromatic carbocycles. The standard InChI is InChI=1S/C25H16ClFN2O3/c26-22-8-4-3-7-20(22)25(31)32-23-14-11-16-5-1-2-6-19(16)21(23)15-28-29-24(30)17-9-12-18(27)13-10-17/h1-15H,(H,29,30)/b28-15+. The van der Waals surface area contributed by atoms with Crippen LogP contribution in [0.3, 0.4) is 0 Å². The molecule has 0 aliphatic rings. The Hall–Kier alpha value is -4.03. The lowest BCUT2D eigenvalue weighted by Gasteiger charge is -2.11. The Morgan fingerprint density at radius 3 is 2.41 bits per heavy atom. The SMILES string of the molecule is O=C(N/N=C/c1c(OC(=O)c2ccccc2Cl)ccc2ccccc12)c1ccc(F)cc1. The number of fused-ring (bicyclic) bond motifs is 1. The van der Waals surface area contributed by atoms with Crippen LogP contribution in [0, 0.1) is 5.82 Å². The van der Waals surface area contributed by atoms with Gasteiger partial charge in [0.05, 0.1) is 16.8 Å². The molecule has 1 amide bonds. The van der Waals surface area contributed by atoms with Crippen molar-refractivity contribution in [1.82, 2.24) is 5.43 Å². The van der Waals surface area contributed by atoms with Gasteiger partial charge in [0, 0.05) is 11.1 Å². The second-order valence-corrected chi connectivity index (χ2v) is 7.18. The van der Waals surface area contributed by atoms with Crippen molar-refractivity contribution in [1.29, 1.82) is 0 Å². The zero-order chi connectivity index (χ0) is 22.5. The van der Waals surface area contributed by atoms with Crippen LogP contribution >= 0.6 is 11.6 Å². The molecule has 0 atom stereocenters. The van der Waals surface area contributed by atoms with Crippen LogP contribution < -0.4 is 10.2 Å². The number of halogens is 2. The number of hydrogen-bond acceptors (Lipinski definition) is 4. The number of nitrogens with one attached hydrogen (secondary N) is 1. The number of esters is 1. The zero-order valence-corrected chi connectivity index (χ0v) is 17.3. The highest BCUT2D eigenvalue weighted by Gasteiger charge is 2.16. The van der Waals surface area contributed by atoms with Gasteiger partial charge in [-0.15, -0.1) is 0 Å². The summed E-state index contributed by atoms with van der Waals surface area (Å²) in [4.78, 5) is 24.9. The molecule has 1 N–H and O–H groups in total. The molecule has 32 heavy (non-hydrogen) atoms. The lowest BCUT2D eigenvalue weighted by atomic mass is 10.0. The topological polar surface area (TPSA) is 67.8 Å². The van der Waals surface area contributed by atoms with E-state index in [1.165, 1.54) is 30.5 Å². The van der Waals surface area contributed by atoms with Crippen LogP contribution in [0.5, 0.6) is 5.75 Å². The van der Waals surface area contributed by atoms with E-state index in [9.17, 15) is 14.0 Å². The Bertz CT molecular complexity index is 1340. The molecule has 0 bridgehead atoms. The minimum Gasteiger partial charge on any atom is -0.422 e. The maximum absolute atomic E-state index is 13.1. The van der Waals surface area contributed by atoms with Gasteiger partial charge in [0.25, 0.3) is 5.91 Å². The Labute approximate surface area is 188 Å². The van der Waals surface area contributed by atoms with E-state index in [1.54, 1.807) is 30.3 Å². The number of hydrazone groups is 1. The Morgan fingerprint density at radius 1 is 0.906 bits per heavy atom. The molecule has 4 rings (SSSR count). The molecule has 0 spiro atoms. The number of rotatable bonds is 5. The van der Waals surface area contributed by atoms with Crippen LogP contribution in [0.4, 0.5) is 4.39 Å². The molecule has 0 radical (unpaired) electrons. The molecule has 0 aliphatic heterocycles. The van der Waals surface area contributed by atoms with Crippen molar-refractivity contribution in [2.45, 2.75) is 0 Å². The van der Waals surface area contributed by atoms with Crippen LogP contribution in [-0.4, -0.2) is 18.1 Å². The van der Waals surface area contributed by atoms with E-state index >= 15 is 0 Å². The first-order chi connectivity index (χ1) is 15.5. The van der Waals surface area contributed by atoms with Crippen LogP contribution in [0.25, 0.3) is 10.8 Å². The lowest BCUT2D eigenvalue weighted by molar-refractivity contribution is 0.0734. The van der Waals surface area contributed by atoms with E-state index in [2.05, 4.69) is 10.5 Å². The molecular formula is C25H16ClFN2O3. The van der Waals surface area contributed by atoms with Gasteiger partial charge in [-0.25, -0.2) is 14.6 Å². The molecular weight excluding hydrogens is 431 g/mol. The van der Waals surface area contributed by atoms with Crippen molar-refractivity contribution in [2.24, 2.45) is 5.10 Å². The molecule has 0 saturated carbocycles. The minimum atomic E-state index is -0.615. The van der Waals surface area contributed by atoms with Gasteiger partial charge in [-0.1, -0.05) is 54.1 Å². The fraction of sp³-hybridized carbons (Fsp3) is 0. The molecule has 5 nitrogen and oxygen atoms in total. The molecule has 0 fully saturated rings. The van der Waals surface area contributed by atoms with E-state index in [1.807, 2.05) is 30.3 Å². The fourth-order valence-electron chi connectivity index (χ4n) is 3.10. The number of ether oxygens (including phenoxy) is 1. The summed E-state index contributed by atoms with van der Waals surface area (Å²) in [6.45, 7) is 0. The summed E-state index contributed by atoms with van der Waals surface area (Å²) in [6, 6.07) is 22.6. The van der Waals surface area contributed by atoms with Crippen LogP contribution in [0.2, 0.25) is 5.02 Å². The Kier molecular flexibility index (Phi) is 6.24. The third-order valence-electron chi connectivity index (χ3n) is 4.69. The molecule has 158 valence electrons. The first-order valence-electron chi connectivity index (χ1n) is 9.60. The van der Waals surface area contributed by atoms with Crippen LogP contribution in [-0.2, 0) is 0 Å². The Morgan fingerprint density at radius 2 is 1.62 bits per heavy atom. The monoisotopic (exact) mass is 446 g/mol. The summed E-state index contributed by atoms with van der Waals surface area (Å²) in [5.41, 5.74) is 3.39. The average Bonchev–Trinajstić information content (AvgIpc) is 2.80. The predicted octanol–water partition coefficient (Wildman–Crippen LogP) is 5.62. The van der Waals surface area contributed by atoms with E-state index in [-0.39, 0.29) is 21.9 Å². The van der Waals surface area contributed by atoms with Gasteiger partial charge < -0.3 is 4.74 Å². The number of benzene rings is 4. The fourth-order valence-corrected chi connectivity index (χ4v) is 3.31. The number of hydrogen-bond donors (Lipinski definition) is 1. The summed E-state index contributed by atoms with van der Waals surface area (Å²) < 4.78 is 18.7. The first kappa shape index (κ1) is 21.2. The summed E-state index contributed by atoms with van der Waals surface area (Å²) in [6.07, 6.45) is 1.40. The highest BCUT2D eigenvalue weighted by Crippen LogP contribution is 2.28. The maximum atomic E-state index is 13.1. The largest absolute Gasteiger partial charge is 0.422 e. The van der Waals surface area contributed by atoms with Crippen molar-refractivity contribution in [3.05, 3.63) is 112 Å². The van der Waals surface area contributed by atoms with Crippen molar-refractivity contribution >= 4 is 40.5 Å². The van der Waals surface area contributed by atoms with E-state index in [0.717, 1.165) is 10.8 Å². The van der Waals surface area contributed by atoms with Gasteiger partial charge in [0.15, 0.2) is 0 Å². The van der Waals surface area contributed by atoms with Gasteiger partial charge in [0.2, 0.25) is 0 Å². The highest BCUT2D eigenvalue weighted by atomic mass is 35.5. The summed E-state index contributed by atoms with van der Waals surface area (Å²) in [5.74, 6) is -1.30. The number of nitrogens with zero attached hydrogens (tertiary/aromatic N) is 1. The van der Waals surface area contributed by atoms with E-state index in [4.69, 9.17) is 16.3 Å². The van der Waals surface area contributed by atoms with Crippen LogP contribution in [0.1, 0.15) is 26.3 Å². The van der Waals surface area contributed by atoms with Crippen LogP contribution in [0.15, 0.2) is 90.0 Å². The molecule has 0 heterocycles. The third kappa shape index (κ3) is 4.66. The van der Waals surface area contributed by atoms with Crippen molar-refractivity contribution in [3.8, 4) is 5.75 Å². The lowest BCUT2D eigenvalue weighted by Crippen LogP contribution is -2.17. The second kappa shape index (κ2) is 9.41. The van der Waals surface area contributed by atoms with Crippen molar-refractivity contribution in [2.75, 3.05) is 0 Å². The average molecular weight is 447 g/mol.